The third kappa shape index (κ3) is 4.96. The number of carbonyl (C=O) groups excluding carboxylic acids is 2. The summed E-state index contributed by atoms with van der Waals surface area (Å²) in [6.45, 7) is 21.8. The Labute approximate surface area is 300 Å². The summed E-state index contributed by atoms with van der Waals surface area (Å²) in [7, 11) is 1.43. The zero-order chi connectivity index (χ0) is 35.5. The summed E-state index contributed by atoms with van der Waals surface area (Å²) in [4.78, 5) is 31.5. The van der Waals surface area contributed by atoms with Gasteiger partial charge >= 0.3 is 5.97 Å². The summed E-state index contributed by atoms with van der Waals surface area (Å²) in [5.41, 5.74) is 5.61. The van der Waals surface area contributed by atoms with Gasteiger partial charge in [-0.25, -0.2) is 4.79 Å². The number of carbonyl (C=O) groups is 2. The number of H-pyrrole nitrogens is 1. The molecule has 1 amide bonds. The molecule has 1 aromatic carbocycles. The number of hydrogen-bond donors (Lipinski definition) is 2. The number of halogens is 1. The maximum Gasteiger partial charge on any atom is 0.328 e. The molecule has 268 valence electrons. The van der Waals surface area contributed by atoms with Crippen molar-refractivity contribution in [3.63, 3.8) is 0 Å². The third-order valence-electron chi connectivity index (χ3n) is 15.8. The fourth-order valence-corrected chi connectivity index (χ4v) is 13.3. The monoisotopic (exact) mass is 688 g/mol. The van der Waals surface area contributed by atoms with Crippen LogP contribution < -0.4 is 5.32 Å². The van der Waals surface area contributed by atoms with Gasteiger partial charge in [0.1, 0.15) is 6.04 Å². The lowest BCUT2D eigenvalue weighted by atomic mass is 9.33. The predicted molar refractivity (Wildman–Crippen MR) is 199 cm³/mol. The molecule has 49 heavy (non-hydrogen) atoms. The molecule has 6 heteroatoms. The highest BCUT2D eigenvalue weighted by atomic mass is 35.5. The Morgan fingerprint density at radius 3 is 2.41 bits per heavy atom. The molecule has 8 atom stereocenters. The van der Waals surface area contributed by atoms with Crippen LogP contribution >= 0.6 is 11.6 Å². The smallest absolute Gasteiger partial charge is 0.328 e. The van der Waals surface area contributed by atoms with E-state index in [1.165, 1.54) is 42.1 Å². The number of ether oxygens (including phenoxy) is 1. The molecule has 5 aliphatic carbocycles. The van der Waals surface area contributed by atoms with Crippen molar-refractivity contribution < 1.29 is 14.3 Å². The van der Waals surface area contributed by atoms with Gasteiger partial charge in [0.2, 0.25) is 5.91 Å². The Hall–Kier alpha value is -2.27. The van der Waals surface area contributed by atoms with Crippen LogP contribution in [0.25, 0.3) is 10.9 Å². The Morgan fingerprint density at radius 1 is 1.00 bits per heavy atom. The molecule has 0 saturated heterocycles. The van der Waals surface area contributed by atoms with E-state index in [2.05, 4.69) is 90.8 Å². The van der Waals surface area contributed by atoms with Gasteiger partial charge in [-0.15, -0.1) is 0 Å². The van der Waals surface area contributed by atoms with Crippen LogP contribution in [0.3, 0.4) is 0 Å². The van der Waals surface area contributed by atoms with Crippen molar-refractivity contribution in [1.29, 1.82) is 0 Å². The topological polar surface area (TPSA) is 71.2 Å². The predicted octanol–water partition coefficient (Wildman–Crippen LogP) is 10.3. The first-order chi connectivity index (χ1) is 22.8. The van der Waals surface area contributed by atoms with Crippen molar-refractivity contribution in [2.45, 2.75) is 138 Å². The molecule has 0 unspecified atom stereocenters. The Bertz CT molecular complexity index is 1720. The van der Waals surface area contributed by atoms with Crippen LogP contribution in [0, 0.1) is 50.7 Å². The zero-order valence-corrected chi connectivity index (χ0v) is 32.6. The molecule has 5 aliphatic rings. The second-order valence-corrected chi connectivity index (χ2v) is 20.1. The molecule has 3 saturated carbocycles. The van der Waals surface area contributed by atoms with Crippen LogP contribution in [0.1, 0.15) is 131 Å². The van der Waals surface area contributed by atoms with E-state index in [9.17, 15) is 9.59 Å². The van der Waals surface area contributed by atoms with Gasteiger partial charge in [0, 0.05) is 27.0 Å². The van der Waals surface area contributed by atoms with Gasteiger partial charge in [-0.3, -0.25) is 4.79 Å². The van der Waals surface area contributed by atoms with E-state index < -0.39 is 11.5 Å². The number of aromatic amines is 1. The molecule has 0 spiro atoms. The summed E-state index contributed by atoms with van der Waals surface area (Å²) in [5.74, 6) is 1.31. The molecule has 0 radical (unpaired) electrons. The molecule has 7 rings (SSSR count). The van der Waals surface area contributed by atoms with Gasteiger partial charge in [0.05, 0.1) is 12.5 Å². The summed E-state index contributed by atoms with van der Waals surface area (Å²) in [5, 5.41) is 5.38. The number of allylic oxidation sites excluding steroid dienone is 2. The first-order valence-electron chi connectivity index (χ1n) is 19.2. The van der Waals surface area contributed by atoms with E-state index in [0.29, 0.717) is 18.3 Å². The lowest BCUT2D eigenvalue weighted by molar-refractivity contribution is -0.168. The van der Waals surface area contributed by atoms with Crippen LogP contribution in [0.2, 0.25) is 5.02 Å². The number of aromatic nitrogens is 1. The maximum atomic E-state index is 14.7. The molecular formula is C43H61ClN2O3. The molecular weight excluding hydrogens is 628 g/mol. The molecule has 0 aliphatic heterocycles. The van der Waals surface area contributed by atoms with Gasteiger partial charge in [0.25, 0.3) is 0 Å². The number of fused-ring (bicyclic) bond motifs is 10. The number of esters is 1. The summed E-state index contributed by atoms with van der Waals surface area (Å²) in [6, 6.07) is 5.74. The minimum Gasteiger partial charge on any atom is -0.467 e. The number of amides is 1. The first kappa shape index (κ1) is 35.1. The third-order valence-corrected chi connectivity index (χ3v) is 16.0. The normalized spacial score (nSPS) is 37.9. The Morgan fingerprint density at radius 2 is 1.71 bits per heavy atom. The first-order valence-corrected chi connectivity index (χ1v) is 19.6. The van der Waals surface area contributed by atoms with Crippen molar-refractivity contribution in [2.75, 3.05) is 7.11 Å². The number of rotatable bonds is 5. The fourth-order valence-electron chi connectivity index (χ4n) is 13.1. The second kappa shape index (κ2) is 11.4. The maximum absolute atomic E-state index is 14.7. The van der Waals surface area contributed by atoms with E-state index in [4.69, 9.17) is 16.3 Å². The molecule has 1 aromatic heterocycles. The Kier molecular flexibility index (Phi) is 8.15. The van der Waals surface area contributed by atoms with Crippen molar-refractivity contribution >= 4 is 34.4 Å². The lowest BCUT2D eigenvalue weighted by Crippen LogP contribution is -2.65. The van der Waals surface area contributed by atoms with Gasteiger partial charge in [0.15, 0.2) is 0 Å². The molecule has 2 N–H and O–H groups in total. The van der Waals surface area contributed by atoms with Gasteiger partial charge in [-0.1, -0.05) is 85.6 Å². The van der Waals surface area contributed by atoms with E-state index in [-0.39, 0.29) is 50.8 Å². The average molecular weight is 689 g/mol. The molecule has 3 fully saturated rings. The summed E-state index contributed by atoms with van der Waals surface area (Å²) >= 11 is 6.60. The van der Waals surface area contributed by atoms with Gasteiger partial charge < -0.3 is 15.0 Å². The SMILES string of the molecule is COC(=O)[C@H](CC(C)C)NC(=O)[C@]12CCC(C)(C)C[C@H]1C1=CC[C@@H]3[C@@]4(C)Cc5c([nH]c6ccc(Cl)cc56)C(C)(C)[C@@H]4CC[C@@]3(C)[C@]1(C)CC2. The van der Waals surface area contributed by atoms with Crippen molar-refractivity contribution in [1.82, 2.24) is 10.3 Å². The number of nitrogens with one attached hydrogen (secondary N) is 2. The molecule has 0 bridgehead atoms. The van der Waals surface area contributed by atoms with E-state index >= 15 is 0 Å². The average Bonchev–Trinajstić information content (AvgIpc) is 3.38. The van der Waals surface area contributed by atoms with E-state index in [1.807, 2.05) is 6.07 Å². The molecule has 1 heterocycles. The number of hydrogen-bond acceptors (Lipinski definition) is 3. The van der Waals surface area contributed by atoms with Crippen LogP contribution in [0.5, 0.6) is 0 Å². The van der Waals surface area contributed by atoms with Crippen molar-refractivity contribution in [2.24, 2.45) is 50.7 Å². The van der Waals surface area contributed by atoms with Crippen LogP contribution in [-0.4, -0.2) is 30.0 Å². The highest BCUT2D eigenvalue weighted by Gasteiger charge is 2.69. The quantitative estimate of drug-likeness (QED) is 0.243. The van der Waals surface area contributed by atoms with Crippen LogP contribution in [0.15, 0.2) is 29.8 Å². The number of methoxy groups -OCH3 is 1. The minimum absolute atomic E-state index is 0.0133. The number of benzene rings is 1. The molecule has 2 aromatic rings. The van der Waals surface area contributed by atoms with Crippen molar-refractivity contribution in [3.05, 3.63) is 46.1 Å². The van der Waals surface area contributed by atoms with Crippen LogP contribution in [0.4, 0.5) is 0 Å². The summed E-state index contributed by atoms with van der Waals surface area (Å²) in [6.07, 6.45) is 12.6. The van der Waals surface area contributed by atoms with Gasteiger partial charge in [-0.2, -0.15) is 0 Å². The van der Waals surface area contributed by atoms with Crippen molar-refractivity contribution in [3.8, 4) is 0 Å². The standard InChI is InChI=1S/C43H61ClN2O3/c1-25(2)21-32(36(47)49-10)46-37(48)43-19-17-38(3,4)24-30(43)29-12-14-34-40(7)23-28-27-22-26(44)11-13-31(27)45-35(28)39(5,6)33(40)15-16-42(34,9)41(29,8)18-20-43/h11-13,22,25,30,32-34,45H,14-21,23-24H2,1-10H3,(H,46,48)/t30-,32-,33-,34+,40-,41+,42+,43-/m0/s1. The van der Waals surface area contributed by atoms with E-state index in [1.54, 1.807) is 5.57 Å². The van der Waals surface area contributed by atoms with E-state index in [0.717, 1.165) is 50.0 Å². The van der Waals surface area contributed by atoms with Gasteiger partial charge in [-0.05, 0) is 133 Å². The lowest BCUT2D eigenvalue weighted by Gasteiger charge is -2.70. The Balaban J connectivity index is 1.29. The highest BCUT2D eigenvalue weighted by molar-refractivity contribution is 6.31. The minimum atomic E-state index is -0.604. The highest BCUT2D eigenvalue weighted by Crippen LogP contribution is 2.75. The summed E-state index contributed by atoms with van der Waals surface area (Å²) < 4.78 is 5.18. The second-order valence-electron chi connectivity index (χ2n) is 19.6. The molecule has 5 nitrogen and oxygen atoms in total. The van der Waals surface area contributed by atoms with Crippen LogP contribution in [-0.2, 0) is 26.2 Å². The zero-order valence-electron chi connectivity index (χ0n) is 31.9. The fraction of sp³-hybridized carbons (Fsp3) is 0.721. The largest absolute Gasteiger partial charge is 0.467 e.